The quantitative estimate of drug-likeness (QED) is 0.333. The maximum atomic E-state index is 13.2. The Labute approximate surface area is 208 Å². The van der Waals surface area contributed by atoms with Crippen LogP contribution in [-0.4, -0.2) is 45.8 Å². The smallest absolute Gasteiger partial charge is 0.251 e. The summed E-state index contributed by atoms with van der Waals surface area (Å²) in [5, 5.41) is 17.8. The minimum absolute atomic E-state index is 0.0785. The summed E-state index contributed by atoms with van der Waals surface area (Å²) in [5.41, 5.74) is 2.90. The molecule has 4 aromatic rings. The van der Waals surface area contributed by atoms with E-state index >= 15 is 0 Å². The van der Waals surface area contributed by atoms with E-state index in [4.69, 9.17) is 9.72 Å². The van der Waals surface area contributed by atoms with E-state index in [1.54, 1.807) is 12.4 Å². The number of nitrogens with one attached hydrogen (secondary N) is 4. The number of rotatable bonds is 6. The first-order valence-electron chi connectivity index (χ1n) is 12.2. The van der Waals surface area contributed by atoms with Crippen LogP contribution in [0.1, 0.15) is 40.6 Å². The topological polar surface area (TPSA) is 117 Å². The van der Waals surface area contributed by atoms with E-state index in [9.17, 15) is 4.79 Å². The number of carbonyl (C=O) groups is 1. The van der Waals surface area contributed by atoms with Crippen molar-refractivity contribution in [2.45, 2.75) is 24.4 Å². The van der Waals surface area contributed by atoms with Crippen LogP contribution in [-0.2, 0) is 5.54 Å². The van der Waals surface area contributed by atoms with Gasteiger partial charge >= 0.3 is 0 Å². The van der Waals surface area contributed by atoms with Crippen LogP contribution in [0.4, 0.5) is 5.69 Å². The average molecular weight is 482 g/mol. The molecular weight excluding hydrogens is 454 g/mol. The van der Waals surface area contributed by atoms with Crippen LogP contribution in [0, 0.1) is 0 Å². The monoisotopic (exact) mass is 481 g/mol. The molecule has 2 aromatic carbocycles. The highest BCUT2D eigenvalue weighted by molar-refractivity contribution is 5.95. The van der Waals surface area contributed by atoms with Gasteiger partial charge in [-0.15, -0.1) is 0 Å². The summed E-state index contributed by atoms with van der Waals surface area (Å²) in [6.45, 7) is 2.12. The van der Waals surface area contributed by atoms with Gasteiger partial charge in [0.2, 0.25) is 0 Å². The van der Waals surface area contributed by atoms with Crippen LogP contribution in [0.2, 0.25) is 0 Å². The lowest BCUT2D eigenvalue weighted by atomic mass is 9.96. The van der Waals surface area contributed by atoms with Crippen LogP contribution in [0.15, 0.2) is 73.1 Å². The molecule has 2 aliphatic heterocycles. The summed E-state index contributed by atoms with van der Waals surface area (Å²) in [6, 6.07) is 19.2. The van der Waals surface area contributed by atoms with E-state index in [1.807, 2.05) is 60.7 Å². The number of nitrogens with zero attached hydrogens (tertiary/aromatic N) is 3. The predicted molar refractivity (Wildman–Crippen MR) is 136 cm³/mol. The minimum atomic E-state index is -0.465. The molecule has 9 heteroatoms. The zero-order chi connectivity index (χ0) is 24.4. The predicted octanol–water partition coefficient (Wildman–Crippen LogP) is 3.42. The van der Waals surface area contributed by atoms with Crippen molar-refractivity contribution in [1.29, 1.82) is 0 Å². The fourth-order valence-electron chi connectivity index (χ4n) is 4.91. The SMILES string of the molecule is O=C(N[C@H]1CCOc2ccccc21)c1cccc(N[C@@]2(c3nc(-c4ccncc4)n[nH]3)CCNC2)c1. The third-order valence-corrected chi connectivity index (χ3v) is 6.80. The molecule has 4 N–H and O–H groups in total. The van der Waals surface area contributed by atoms with Gasteiger partial charge in [-0.2, -0.15) is 5.10 Å². The Hall–Kier alpha value is -4.24. The summed E-state index contributed by atoms with van der Waals surface area (Å²) < 4.78 is 5.73. The number of para-hydroxylation sites is 1. The van der Waals surface area contributed by atoms with Gasteiger partial charge in [-0.05, 0) is 49.4 Å². The summed E-state index contributed by atoms with van der Waals surface area (Å²) in [5.74, 6) is 2.11. The lowest BCUT2D eigenvalue weighted by Crippen LogP contribution is -2.39. The molecule has 1 amide bonds. The number of carbonyl (C=O) groups excluding carboxylic acids is 1. The zero-order valence-electron chi connectivity index (χ0n) is 19.7. The van der Waals surface area contributed by atoms with E-state index in [0.717, 1.165) is 47.8 Å². The molecule has 6 rings (SSSR count). The molecule has 2 atom stereocenters. The van der Waals surface area contributed by atoms with Gasteiger partial charge in [0.1, 0.15) is 11.3 Å². The number of amides is 1. The van der Waals surface area contributed by atoms with Crippen molar-refractivity contribution < 1.29 is 9.53 Å². The number of ether oxygens (including phenoxy) is 1. The maximum Gasteiger partial charge on any atom is 0.251 e. The van der Waals surface area contributed by atoms with Crippen LogP contribution < -0.4 is 20.7 Å². The van der Waals surface area contributed by atoms with Crippen LogP contribution in [0.3, 0.4) is 0 Å². The Bertz CT molecular complexity index is 1370. The summed E-state index contributed by atoms with van der Waals surface area (Å²) in [4.78, 5) is 22.1. The fraction of sp³-hybridized carbons (Fsp3) is 0.259. The number of pyridine rings is 1. The highest BCUT2D eigenvalue weighted by atomic mass is 16.5. The van der Waals surface area contributed by atoms with Crippen LogP contribution in [0.25, 0.3) is 11.4 Å². The Morgan fingerprint density at radius 2 is 1.97 bits per heavy atom. The minimum Gasteiger partial charge on any atom is -0.493 e. The standard InChI is InChI=1S/C27H27N7O2/c35-25(30-22-10-15-36-23-7-2-1-6-21(22)23)19-4-3-5-20(16-19)32-27(11-14-29-17-27)26-31-24(33-34-26)18-8-12-28-13-9-18/h1-9,12-13,16,22,29,32H,10-11,14-15,17H2,(H,30,35)(H,31,33,34)/t22-,27-/m0/s1. The van der Waals surface area contributed by atoms with Crippen molar-refractivity contribution in [2.24, 2.45) is 0 Å². The van der Waals surface area contributed by atoms with Gasteiger partial charge in [-0.25, -0.2) is 4.98 Å². The van der Waals surface area contributed by atoms with E-state index in [2.05, 4.69) is 31.1 Å². The van der Waals surface area contributed by atoms with Gasteiger partial charge in [0, 0.05) is 47.7 Å². The third-order valence-electron chi connectivity index (χ3n) is 6.80. The lowest BCUT2D eigenvalue weighted by Gasteiger charge is -2.29. The van der Waals surface area contributed by atoms with Gasteiger partial charge in [0.25, 0.3) is 5.91 Å². The molecule has 1 fully saturated rings. The normalized spacial score (nSPS) is 20.8. The van der Waals surface area contributed by atoms with Crippen molar-refractivity contribution in [2.75, 3.05) is 25.0 Å². The number of hydrogen-bond acceptors (Lipinski definition) is 7. The molecule has 0 unspecified atom stereocenters. The van der Waals surface area contributed by atoms with Crippen LogP contribution in [0.5, 0.6) is 5.75 Å². The van der Waals surface area contributed by atoms with Crippen molar-refractivity contribution in [3.05, 3.63) is 90.0 Å². The summed E-state index contributed by atoms with van der Waals surface area (Å²) in [6.07, 6.45) is 5.02. The van der Waals surface area contributed by atoms with Gasteiger partial charge in [-0.1, -0.05) is 24.3 Å². The second kappa shape index (κ2) is 9.43. The second-order valence-corrected chi connectivity index (χ2v) is 9.16. The molecular formula is C27H27N7O2. The Kier molecular flexibility index (Phi) is 5.82. The molecule has 0 aliphatic carbocycles. The molecule has 0 bridgehead atoms. The number of anilines is 1. The average Bonchev–Trinajstić information content (AvgIpc) is 3.61. The van der Waals surface area contributed by atoms with E-state index in [1.165, 1.54) is 0 Å². The number of benzene rings is 2. The van der Waals surface area contributed by atoms with Crippen LogP contribution >= 0.6 is 0 Å². The number of H-pyrrole nitrogens is 1. The highest BCUT2D eigenvalue weighted by Crippen LogP contribution is 2.33. The third kappa shape index (κ3) is 4.29. The molecule has 2 aliphatic rings. The van der Waals surface area contributed by atoms with E-state index in [-0.39, 0.29) is 11.9 Å². The molecule has 2 aromatic heterocycles. The summed E-state index contributed by atoms with van der Waals surface area (Å²) >= 11 is 0. The number of aromatic amines is 1. The molecule has 36 heavy (non-hydrogen) atoms. The Morgan fingerprint density at radius 3 is 2.83 bits per heavy atom. The van der Waals surface area contributed by atoms with Crippen molar-refractivity contribution in [3.8, 4) is 17.1 Å². The van der Waals surface area contributed by atoms with Crippen molar-refractivity contribution >= 4 is 11.6 Å². The number of hydrogen-bond donors (Lipinski definition) is 4. The summed E-state index contributed by atoms with van der Waals surface area (Å²) in [7, 11) is 0. The number of aromatic nitrogens is 4. The van der Waals surface area contributed by atoms with Crippen molar-refractivity contribution in [3.63, 3.8) is 0 Å². The largest absolute Gasteiger partial charge is 0.493 e. The molecule has 0 spiro atoms. The Morgan fingerprint density at radius 1 is 1.08 bits per heavy atom. The van der Waals surface area contributed by atoms with E-state index in [0.29, 0.717) is 24.5 Å². The maximum absolute atomic E-state index is 13.2. The molecule has 0 saturated carbocycles. The Balaban J connectivity index is 1.22. The molecule has 0 radical (unpaired) electrons. The first kappa shape index (κ1) is 22.2. The molecule has 182 valence electrons. The fourth-order valence-corrected chi connectivity index (χ4v) is 4.91. The highest BCUT2D eigenvalue weighted by Gasteiger charge is 2.39. The van der Waals surface area contributed by atoms with Gasteiger partial charge in [-0.3, -0.25) is 14.9 Å². The van der Waals surface area contributed by atoms with Crippen molar-refractivity contribution in [1.82, 2.24) is 30.8 Å². The lowest BCUT2D eigenvalue weighted by molar-refractivity contribution is 0.0925. The van der Waals surface area contributed by atoms with Gasteiger partial charge < -0.3 is 20.7 Å². The first-order valence-corrected chi connectivity index (χ1v) is 12.2. The second-order valence-electron chi connectivity index (χ2n) is 9.16. The van der Waals surface area contributed by atoms with Gasteiger partial charge in [0.15, 0.2) is 11.6 Å². The van der Waals surface area contributed by atoms with E-state index < -0.39 is 5.54 Å². The molecule has 4 heterocycles. The van der Waals surface area contributed by atoms with Gasteiger partial charge in [0.05, 0.1) is 12.6 Å². The first-order chi connectivity index (χ1) is 17.7. The molecule has 1 saturated heterocycles. The number of fused-ring (bicyclic) bond motifs is 1. The zero-order valence-corrected chi connectivity index (χ0v) is 19.7. The molecule has 9 nitrogen and oxygen atoms in total.